The predicted octanol–water partition coefficient (Wildman–Crippen LogP) is 4.88. The van der Waals surface area contributed by atoms with Gasteiger partial charge in [0.1, 0.15) is 0 Å². The number of aromatic nitrogens is 1. The first-order valence-electron chi connectivity index (χ1n) is 9.66. The van der Waals surface area contributed by atoms with Gasteiger partial charge in [0, 0.05) is 29.5 Å². The maximum absolute atomic E-state index is 14.9. The van der Waals surface area contributed by atoms with Crippen molar-refractivity contribution in [3.05, 3.63) is 127 Å². The van der Waals surface area contributed by atoms with Gasteiger partial charge in [0.2, 0.25) is 0 Å². The van der Waals surface area contributed by atoms with Crippen LogP contribution in [0.25, 0.3) is 0 Å². The smallest absolute Gasteiger partial charge is 0.163 e. The lowest BCUT2D eigenvalue weighted by molar-refractivity contribution is 0.559. The molecule has 0 spiro atoms. The highest BCUT2D eigenvalue weighted by Gasteiger charge is 2.37. The van der Waals surface area contributed by atoms with Crippen LogP contribution in [0.3, 0.4) is 0 Å². The van der Waals surface area contributed by atoms with Gasteiger partial charge in [0.05, 0.1) is 5.78 Å². The molecule has 0 amide bonds. The van der Waals surface area contributed by atoms with Crippen molar-refractivity contribution in [2.24, 2.45) is 0 Å². The van der Waals surface area contributed by atoms with Crippen molar-refractivity contribution < 1.29 is 4.57 Å². The van der Waals surface area contributed by atoms with Gasteiger partial charge in [0.25, 0.3) is 0 Å². The summed E-state index contributed by atoms with van der Waals surface area (Å²) in [6.07, 6.45) is 3.51. The third kappa shape index (κ3) is 4.22. The monoisotopic (exact) mass is 398 g/mol. The lowest BCUT2D eigenvalue weighted by atomic mass is 10.2. The number of rotatable bonds is 7. The molecule has 3 aromatic carbocycles. The summed E-state index contributed by atoms with van der Waals surface area (Å²) in [5.41, 5.74) is 2.12. The molecule has 0 unspecified atom stereocenters. The second-order valence-corrected chi connectivity index (χ2v) is 9.74. The minimum absolute atomic E-state index is 0.365. The molecular weight excluding hydrogens is 375 g/mol. The fourth-order valence-electron chi connectivity index (χ4n) is 3.56. The molecule has 3 nitrogen and oxygen atoms in total. The first kappa shape index (κ1) is 19.3. The Morgan fingerprint density at radius 2 is 1.17 bits per heavy atom. The molecule has 0 saturated carbocycles. The zero-order chi connectivity index (χ0) is 19.9. The highest BCUT2D eigenvalue weighted by Crippen LogP contribution is 2.55. The molecule has 4 aromatic rings. The van der Waals surface area contributed by atoms with Crippen LogP contribution in [-0.4, -0.2) is 4.98 Å². The van der Waals surface area contributed by atoms with E-state index in [9.17, 15) is 4.57 Å². The highest BCUT2D eigenvalue weighted by atomic mass is 31.2. The Morgan fingerprint density at radius 3 is 1.69 bits per heavy atom. The van der Waals surface area contributed by atoms with Crippen LogP contribution >= 0.6 is 7.14 Å². The normalized spacial score (nSPS) is 12.4. The molecule has 144 valence electrons. The maximum Gasteiger partial charge on any atom is 0.163 e. The molecule has 0 saturated heterocycles. The second kappa shape index (κ2) is 9.00. The number of benzene rings is 3. The summed E-state index contributed by atoms with van der Waals surface area (Å²) in [6.45, 7) is 0.623. The predicted molar refractivity (Wildman–Crippen MR) is 120 cm³/mol. The van der Waals surface area contributed by atoms with Gasteiger partial charge in [-0.3, -0.25) is 10.3 Å². The number of hydrogen-bond donors (Lipinski definition) is 1. The van der Waals surface area contributed by atoms with Crippen LogP contribution in [0.1, 0.15) is 16.9 Å². The van der Waals surface area contributed by atoms with E-state index in [0.717, 1.165) is 21.7 Å². The van der Waals surface area contributed by atoms with E-state index in [1.165, 1.54) is 0 Å². The molecule has 1 atom stereocenters. The Labute approximate surface area is 171 Å². The van der Waals surface area contributed by atoms with Crippen molar-refractivity contribution in [2.45, 2.75) is 12.3 Å². The molecular formula is C25H23N2OP. The zero-order valence-electron chi connectivity index (χ0n) is 16.1. The van der Waals surface area contributed by atoms with Crippen LogP contribution in [0, 0.1) is 0 Å². The van der Waals surface area contributed by atoms with Crippen molar-refractivity contribution in [1.29, 1.82) is 0 Å². The van der Waals surface area contributed by atoms with Gasteiger partial charge >= 0.3 is 0 Å². The van der Waals surface area contributed by atoms with E-state index in [1.54, 1.807) is 12.4 Å². The summed E-state index contributed by atoms with van der Waals surface area (Å²) < 4.78 is 14.9. The van der Waals surface area contributed by atoms with Crippen LogP contribution < -0.4 is 15.9 Å². The lowest BCUT2D eigenvalue weighted by Gasteiger charge is -2.30. The number of nitrogens with one attached hydrogen (secondary N) is 1. The van der Waals surface area contributed by atoms with Crippen molar-refractivity contribution >= 4 is 17.8 Å². The Bertz CT molecular complexity index is 1030. The van der Waals surface area contributed by atoms with E-state index >= 15 is 0 Å². The van der Waals surface area contributed by atoms with Crippen LogP contribution in [0.5, 0.6) is 0 Å². The number of pyridine rings is 1. The molecule has 0 aliphatic heterocycles. The molecule has 29 heavy (non-hydrogen) atoms. The summed E-state index contributed by atoms with van der Waals surface area (Å²) in [5, 5.41) is 5.28. The Morgan fingerprint density at radius 1 is 0.690 bits per heavy atom. The molecule has 1 N–H and O–H groups in total. The summed E-state index contributed by atoms with van der Waals surface area (Å²) in [6, 6.07) is 33.7. The lowest BCUT2D eigenvalue weighted by Crippen LogP contribution is -2.30. The highest BCUT2D eigenvalue weighted by molar-refractivity contribution is 7.79. The summed E-state index contributed by atoms with van der Waals surface area (Å²) >= 11 is 0. The van der Waals surface area contributed by atoms with Gasteiger partial charge in [-0.25, -0.2) is 0 Å². The van der Waals surface area contributed by atoms with Crippen LogP contribution in [0.2, 0.25) is 0 Å². The molecule has 1 aromatic heterocycles. The zero-order valence-corrected chi connectivity index (χ0v) is 17.0. The van der Waals surface area contributed by atoms with Gasteiger partial charge in [-0.1, -0.05) is 91.0 Å². The first-order chi connectivity index (χ1) is 14.3. The van der Waals surface area contributed by atoms with Crippen molar-refractivity contribution in [3.8, 4) is 0 Å². The van der Waals surface area contributed by atoms with Gasteiger partial charge < -0.3 is 4.57 Å². The van der Waals surface area contributed by atoms with Gasteiger partial charge in [0.15, 0.2) is 7.14 Å². The third-order valence-corrected chi connectivity index (χ3v) is 8.35. The van der Waals surface area contributed by atoms with E-state index in [2.05, 4.69) is 22.4 Å². The fraction of sp³-hybridized carbons (Fsp3) is 0.0800. The quantitative estimate of drug-likeness (QED) is 0.451. The molecule has 0 fully saturated rings. The largest absolute Gasteiger partial charge is 0.312 e. The Balaban J connectivity index is 1.83. The SMILES string of the molecule is O=P(c1ccccc1)(c1ccccc1)[C@@H](NCc1ccccc1)c1ccncc1. The van der Waals surface area contributed by atoms with E-state index in [-0.39, 0.29) is 5.78 Å². The number of hydrogen-bond acceptors (Lipinski definition) is 3. The van der Waals surface area contributed by atoms with E-state index < -0.39 is 7.14 Å². The molecule has 4 heteroatoms. The Kier molecular flexibility index (Phi) is 6.00. The standard InChI is InChI=1S/C25H23N2OP/c28-29(23-12-6-2-7-13-23,24-14-8-3-9-15-24)25(22-16-18-26-19-17-22)27-20-21-10-4-1-5-11-21/h1-19,25,27H,20H2/t25-/m1/s1. The van der Waals surface area contributed by atoms with Gasteiger partial charge in [-0.15, -0.1) is 0 Å². The second-order valence-electron chi connectivity index (χ2n) is 6.88. The minimum atomic E-state index is -3.03. The third-order valence-electron chi connectivity index (χ3n) is 5.01. The topological polar surface area (TPSA) is 42.0 Å². The van der Waals surface area contributed by atoms with Gasteiger partial charge in [-0.2, -0.15) is 0 Å². The summed E-state index contributed by atoms with van der Waals surface area (Å²) in [5.74, 6) is -0.365. The molecule has 0 aliphatic rings. The molecule has 0 bridgehead atoms. The van der Waals surface area contributed by atoms with E-state index in [1.807, 2.05) is 91.0 Å². The van der Waals surface area contributed by atoms with Crippen LogP contribution in [0.15, 0.2) is 116 Å². The van der Waals surface area contributed by atoms with Gasteiger partial charge in [-0.05, 0) is 23.3 Å². The van der Waals surface area contributed by atoms with E-state index in [4.69, 9.17) is 0 Å². The maximum atomic E-state index is 14.9. The average Bonchev–Trinajstić information content (AvgIpc) is 2.81. The van der Waals surface area contributed by atoms with Crippen LogP contribution in [0.4, 0.5) is 0 Å². The molecule has 1 heterocycles. The number of nitrogens with zero attached hydrogens (tertiary/aromatic N) is 1. The Hall–Kier alpha value is -3.00. The van der Waals surface area contributed by atoms with Crippen molar-refractivity contribution in [2.75, 3.05) is 0 Å². The summed E-state index contributed by atoms with van der Waals surface area (Å²) in [4.78, 5) is 4.16. The molecule has 4 rings (SSSR count). The fourth-order valence-corrected chi connectivity index (χ4v) is 6.62. The summed E-state index contributed by atoms with van der Waals surface area (Å²) in [7, 11) is -3.03. The van der Waals surface area contributed by atoms with Crippen molar-refractivity contribution in [1.82, 2.24) is 10.3 Å². The van der Waals surface area contributed by atoms with Crippen LogP contribution in [-0.2, 0) is 11.1 Å². The first-order valence-corrected chi connectivity index (χ1v) is 11.4. The van der Waals surface area contributed by atoms with Crippen molar-refractivity contribution in [3.63, 3.8) is 0 Å². The van der Waals surface area contributed by atoms with E-state index in [0.29, 0.717) is 6.54 Å². The molecule has 0 radical (unpaired) electrons. The minimum Gasteiger partial charge on any atom is -0.312 e. The molecule has 0 aliphatic carbocycles. The average molecular weight is 398 g/mol.